The molecule has 1 unspecified atom stereocenters. The molecule has 2 N–H and O–H groups in total. The van der Waals surface area contributed by atoms with Crippen molar-refractivity contribution in [3.05, 3.63) is 24.3 Å². The van der Waals surface area contributed by atoms with E-state index < -0.39 is 6.10 Å². The molecule has 0 amide bonds. The van der Waals surface area contributed by atoms with Gasteiger partial charge in [-0.1, -0.05) is 56.9 Å². The van der Waals surface area contributed by atoms with Gasteiger partial charge < -0.3 is 10.2 Å². The van der Waals surface area contributed by atoms with Crippen molar-refractivity contribution < 1.29 is 10.2 Å². The second-order valence-corrected chi connectivity index (χ2v) is 4.25. The third kappa shape index (κ3) is 14.5. The summed E-state index contributed by atoms with van der Waals surface area (Å²) in [5.41, 5.74) is 0. The van der Waals surface area contributed by atoms with Crippen molar-refractivity contribution in [2.75, 3.05) is 6.61 Å². The zero-order valence-electron chi connectivity index (χ0n) is 11.7. The van der Waals surface area contributed by atoms with Crippen molar-refractivity contribution in [1.82, 2.24) is 0 Å². The molecule has 0 rings (SSSR count). The first-order valence-corrected chi connectivity index (χ1v) is 6.93. The smallest absolute Gasteiger partial charge is 0.0730 e. The van der Waals surface area contributed by atoms with E-state index in [1.54, 1.807) is 24.3 Å². The lowest BCUT2D eigenvalue weighted by Crippen LogP contribution is -2.01. The molecule has 0 aliphatic rings. The molecular formula is C17H24O2. The van der Waals surface area contributed by atoms with Crippen molar-refractivity contribution in [3.63, 3.8) is 0 Å². The molecule has 0 heterocycles. The van der Waals surface area contributed by atoms with Crippen LogP contribution >= 0.6 is 0 Å². The zero-order valence-corrected chi connectivity index (χ0v) is 11.7. The predicted molar refractivity (Wildman–Crippen MR) is 80.3 cm³/mol. The maximum Gasteiger partial charge on any atom is 0.0730 e. The fraction of sp³-hybridized carbons (Fsp3) is 0.529. The Balaban J connectivity index is 3.71. The van der Waals surface area contributed by atoms with E-state index in [9.17, 15) is 5.11 Å². The van der Waals surface area contributed by atoms with E-state index in [-0.39, 0.29) is 6.61 Å². The fourth-order valence-electron chi connectivity index (χ4n) is 1.48. The van der Waals surface area contributed by atoms with Crippen LogP contribution in [0.1, 0.15) is 45.4 Å². The van der Waals surface area contributed by atoms with Gasteiger partial charge in [-0.05, 0) is 36.5 Å². The predicted octanol–water partition coefficient (Wildman–Crippen LogP) is 2.82. The molecule has 0 saturated carbocycles. The topological polar surface area (TPSA) is 40.5 Å². The van der Waals surface area contributed by atoms with Crippen molar-refractivity contribution >= 4 is 0 Å². The molecule has 0 aromatic heterocycles. The van der Waals surface area contributed by atoms with E-state index in [4.69, 9.17) is 5.11 Å². The molecule has 2 heteroatoms. The van der Waals surface area contributed by atoms with E-state index >= 15 is 0 Å². The number of allylic oxidation sites excluding steroid dienone is 2. The summed E-state index contributed by atoms with van der Waals surface area (Å²) in [5, 5.41) is 18.1. The molecule has 0 aromatic rings. The monoisotopic (exact) mass is 260 g/mol. The molecule has 0 spiro atoms. The van der Waals surface area contributed by atoms with Gasteiger partial charge in [0.25, 0.3) is 0 Å². The van der Waals surface area contributed by atoms with Crippen molar-refractivity contribution in [3.8, 4) is 23.7 Å². The highest BCUT2D eigenvalue weighted by Crippen LogP contribution is 2.07. The van der Waals surface area contributed by atoms with Gasteiger partial charge in [0.2, 0.25) is 0 Å². The Morgan fingerprint density at radius 1 is 1.00 bits per heavy atom. The summed E-state index contributed by atoms with van der Waals surface area (Å²) in [5.74, 6) is 10.7. The number of aliphatic hydroxyl groups is 2. The van der Waals surface area contributed by atoms with E-state index in [2.05, 4.69) is 30.6 Å². The van der Waals surface area contributed by atoms with Crippen LogP contribution in [0, 0.1) is 23.7 Å². The molecule has 1 atom stereocenters. The van der Waals surface area contributed by atoms with Crippen LogP contribution in [0.3, 0.4) is 0 Å². The highest BCUT2D eigenvalue weighted by atomic mass is 16.3. The highest BCUT2D eigenvalue weighted by Gasteiger charge is 1.97. The Morgan fingerprint density at radius 3 is 2.37 bits per heavy atom. The maximum atomic E-state index is 9.65. The van der Waals surface area contributed by atoms with Crippen LogP contribution in [-0.4, -0.2) is 22.9 Å². The molecular weight excluding hydrogens is 236 g/mol. The van der Waals surface area contributed by atoms with Crippen LogP contribution in [0.25, 0.3) is 0 Å². The molecule has 0 fully saturated rings. The number of unbranched alkanes of at least 4 members (excludes halogenated alkanes) is 4. The first-order valence-electron chi connectivity index (χ1n) is 6.93. The van der Waals surface area contributed by atoms with Crippen molar-refractivity contribution in [2.45, 2.75) is 51.6 Å². The first-order chi connectivity index (χ1) is 9.31. The largest absolute Gasteiger partial charge is 0.392 e. The molecule has 2 nitrogen and oxygen atoms in total. The number of hydrogen-bond acceptors (Lipinski definition) is 2. The summed E-state index contributed by atoms with van der Waals surface area (Å²) in [4.78, 5) is 0. The van der Waals surface area contributed by atoms with Gasteiger partial charge >= 0.3 is 0 Å². The normalized spacial score (nSPS) is 11.9. The lowest BCUT2D eigenvalue weighted by molar-refractivity contribution is 0.208. The van der Waals surface area contributed by atoms with Crippen LogP contribution in [0.2, 0.25) is 0 Å². The van der Waals surface area contributed by atoms with E-state index in [0.717, 1.165) is 12.8 Å². The Morgan fingerprint density at radius 2 is 1.68 bits per heavy atom. The van der Waals surface area contributed by atoms with Gasteiger partial charge in [-0.15, -0.1) is 0 Å². The van der Waals surface area contributed by atoms with E-state index in [1.165, 1.54) is 25.7 Å². The van der Waals surface area contributed by atoms with Crippen molar-refractivity contribution in [2.24, 2.45) is 0 Å². The van der Waals surface area contributed by atoms with Gasteiger partial charge in [0.1, 0.15) is 0 Å². The molecule has 0 aromatic carbocycles. The maximum absolute atomic E-state index is 9.65. The Hall–Kier alpha value is -1.48. The van der Waals surface area contributed by atoms with Gasteiger partial charge in [0, 0.05) is 0 Å². The standard InChI is InChI=1S/C17H24O2/c1-2-3-4-8-11-14-17(19)15-12-9-6-5-7-10-13-16-18/h10,12-13,15,17-19H,2-4,8,11,14,16H2,1H3. The zero-order chi connectivity index (χ0) is 14.2. The van der Waals surface area contributed by atoms with Crippen LogP contribution in [-0.2, 0) is 0 Å². The van der Waals surface area contributed by atoms with Crippen molar-refractivity contribution in [1.29, 1.82) is 0 Å². The number of hydrogen-bond donors (Lipinski definition) is 2. The average molecular weight is 260 g/mol. The van der Waals surface area contributed by atoms with E-state index in [0.29, 0.717) is 0 Å². The summed E-state index contributed by atoms with van der Waals surface area (Å²) in [6.07, 6.45) is 12.9. The SMILES string of the molecule is CCCCCCCC(O)C=CC#CC#CC=CCO. The molecule has 0 saturated heterocycles. The lowest BCUT2D eigenvalue weighted by Gasteiger charge is -2.03. The van der Waals surface area contributed by atoms with Gasteiger partial charge in [-0.3, -0.25) is 0 Å². The highest BCUT2D eigenvalue weighted by molar-refractivity contribution is 5.34. The van der Waals surface area contributed by atoms with Gasteiger partial charge in [-0.25, -0.2) is 0 Å². The molecule has 0 radical (unpaired) electrons. The summed E-state index contributed by atoms with van der Waals surface area (Å²) < 4.78 is 0. The fourth-order valence-corrected chi connectivity index (χ4v) is 1.48. The number of aliphatic hydroxyl groups excluding tert-OH is 2. The minimum Gasteiger partial charge on any atom is -0.392 e. The van der Waals surface area contributed by atoms with Crippen LogP contribution in [0.15, 0.2) is 24.3 Å². The summed E-state index contributed by atoms with van der Waals surface area (Å²) in [6, 6.07) is 0. The third-order valence-electron chi connectivity index (χ3n) is 2.52. The third-order valence-corrected chi connectivity index (χ3v) is 2.52. The summed E-state index contributed by atoms with van der Waals surface area (Å²) in [6.45, 7) is 2.19. The number of rotatable bonds is 8. The summed E-state index contributed by atoms with van der Waals surface area (Å²) >= 11 is 0. The lowest BCUT2D eigenvalue weighted by atomic mass is 10.1. The van der Waals surface area contributed by atoms with Crippen LogP contribution in [0.5, 0.6) is 0 Å². The van der Waals surface area contributed by atoms with E-state index in [1.807, 2.05) is 0 Å². The molecule has 19 heavy (non-hydrogen) atoms. The summed E-state index contributed by atoms with van der Waals surface area (Å²) in [7, 11) is 0. The Labute approximate surface area is 117 Å². The average Bonchev–Trinajstić information content (AvgIpc) is 2.41. The Kier molecular flexibility index (Phi) is 13.4. The molecule has 0 aliphatic carbocycles. The minimum atomic E-state index is -0.404. The van der Waals surface area contributed by atoms with Gasteiger partial charge in [-0.2, -0.15) is 0 Å². The second kappa shape index (κ2) is 14.6. The molecule has 104 valence electrons. The second-order valence-electron chi connectivity index (χ2n) is 4.25. The van der Waals surface area contributed by atoms with Gasteiger partial charge in [0.05, 0.1) is 12.7 Å². The van der Waals surface area contributed by atoms with Crippen LogP contribution < -0.4 is 0 Å². The Bertz CT molecular complexity index is 372. The molecule has 0 aliphatic heterocycles. The molecule has 0 bridgehead atoms. The first kappa shape index (κ1) is 17.5. The quantitative estimate of drug-likeness (QED) is 0.520. The van der Waals surface area contributed by atoms with Crippen LogP contribution in [0.4, 0.5) is 0 Å². The minimum absolute atomic E-state index is 0.00748. The van der Waals surface area contributed by atoms with Gasteiger partial charge in [0.15, 0.2) is 0 Å².